The van der Waals surface area contributed by atoms with Gasteiger partial charge in [-0.2, -0.15) is 13.2 Å². The Morgan fingerprint density at radius 3 is 2.17 bits per heavy atom. The number of amides is 4. The molecular formula is C29H33F3N4O4. The van der Waals surface area contributed by atoms with E-state index in [0.717, 1.165) is 5.57 Å². The number of nitrogens with zero attached hydrogens (tertiary/aromatic N) is 1. The van der Waals surface area contributed by atoms with Crippen molar-refractivity contribution in [3.05, 3.63) is 77.9 Å². The van der Waals surface area contributed by atoms with Gasteiger partial charge in [0.25, 0.3) is 0 Å². The number of benzene rings is 2. The molecule has 0 spiro atoms. The Morgan fingerprint density at radius 2 is 1.57 bits per heavy atom. The van der Waals surface area contributed by atoms with Crippen LogP contribution in [0.2, 0.25) is 0 Å². The number of carbonyl (C=O) groups is 4. The van der Waals surface area contributed by atoms with Gasteiger partial charge in [0.2, 0.25) is 17.7 Å². The van der Waals surface area contributed by atoms with Crippen molar-refractivity contribution in [2.75, 3.05) is 11.9 Å². The van der Waals surface area contributed by atoms with Gasteiger partial charge in [-0.3, -0.25) is 19.2 Å². The molecule has 3 rings (SSSR count). The van der Waals surface area contributed by atoms with Crippen molar-refractivity contribution < 1.29 is 32.3 Å². The van der Waals surface area contributed by atoms with Crippen LogP contribution in [0.3, 0.4) is 0 Å². The van der Waals surface area contributed by atoms with Crippen LogP contribution in [0.15, 0.2) is 72.3 Å². The average Bonchev–Trinajstić information content (AvgIpc) is 3.41. The maximum Gasteiger partial charge on any atom is 0.471 e. The summed E-state index contributed by atoms with van der Waals surface area (Å²) in [6.07, 6.45) is -2.64. The summed E-state index contributed by atoms with van der Waals surface area (Å²) in [6, 6.07) is 13.5. The van der Waals surface area contributed by atoms with E-state index in [1.54, 1.807) is 85.9 Å². The number of anilines is 1. The van der Waals surface area contributed by atoms with Gasteiger partial charge in [-0.25, -0.2) is 0 Å². The smallest absolute Gasteiger partial charge is 0.342 e. The number of likely N-dealkylation sites (tertiary alicyclic amines) is 1. The zero-order chi connectivity index (χ0) is 29.3. The van der Waals surface area contributed by atoms with E-state index in [2.05, 4.69) is 10.6 Å². The van der Waals surface area contributed by atoms with Crippen LogP contribution < -0.4 is 16.0 Å². The fourth-order valence-corrected chi connectivity index (χ4v) is 4.40. The van der Waals surface area contributed by atoms with Gasteiger partial charge in [-0.15, -0.1) is 0 Å². The molecule has 2 aromatic carbocycles. The Morgan fingerprint density at radius 1 is 0.950 bits per heavy atom. The van der Waals surface area contributed by atoms with Gasteiger partial charge >= 0.3 is 12.1 Å². The molecule has 11 heteroatoms. The van der Waals surface area contributed by atoms with Gasteiger partial charge in [-0.1, -0.05) is 60.2 Å². The number of hydrogen-bond donors (Lipinski definition) is 3. The van der Waals surface area contributed by atoms with E-state index in [1.165, 1.54) is 4.90 Å². The van der Waals surface area contributed by atoms with E-state index in [0.29, 0.717) is 24.1 Å². The van der Waals surface area contributed by atoms with Crippen LogP contribution in [0.25, 0.3) is 0 Å². The van der Waals surface area contributed by atoms with Gasteiger partial charge in [0.05, 0.1) is 0 Å². The zero-order valence-electron chi connectivity index (χ0n) is 22.3. The van der Waals surface area contributed by atoms with Gasteiger partial charge in [0.15, 0.2) is 0 Å². The van der Waals surface area contributed by atoms with Crippen molar-refractivity contribution >= 4 is 29.3 Å². The Balaban J connectivity index is 1.81. The van der Waals surface area contributed by atoms with Crippen molar-refractivity contribution in [3.8, 4) is 0 Å². The highest BCUT2D eigenvalue weighted by atomic mass is 19.4. The highest BCUT2D eigenvalue weighted by molar-refractivity contribution is 5.99. The van der Waals surface area contributed by atoms with E-state index in [-0.39, 0.29) is 25.3 Å². The second-order valence-electron chi connectivity index (χ2n) is 9.84. The van der Waals surface area contributed by atoms with Crippen LogP contribution in [0.5, 0.6) is 0 Å². The minimum atomic E-state index is -5.19. The fraction of sp³-hybridized carbons (Fsp3) is 0.379. The summed E-state index contributed by atoms with van der Waals surface area (Å²) in [5.41, 5.74) is 1.96. The van der Waals surface area contributed by atoms with E-state index in [1.807, 2.05) is 0 Å². The van der Waals surface area contributed by atoms with Crippen LogP contribution in [0.4, 0.5) is 18.9 Å². The third kappa shape index (κ3) is 8.69. The lowest BCUT2D eigenvalue weighted by Gasteiger charge is -2.29. The quantitative estimate of drug-likeness (QED) is 0.386. The second-order valence-corrected chi connectivity index (χ2v) is 9.84. The molecule has 3 atom stereocenters. The molecule has 0 radical (unpaired) electrons. The molecule has 1 aliphatic rings. The Bertz CT molecular complexity index is 1210. The van der Waals surface area contributed by atoms with Crippen molar-refractivity contribution in [2.45, 2.75) is 63.8 Å². The molecule has 0 aromatic heterocycles. The Labute approximate surface area is 231 Å². The predicted molar refractivity (Wildman–Crippen MR) is 144 cm³/mol. The molecule has 1 fully saturated rings. The van der Waals surface area contributed by atoms with Crippen molar-refractivity contribution in [3.63, 3.8) is 0 Å². The summed E-state index contributed by atoms with van der Waals surface area (Å²) in [5.74, 6) is -4.10. The summed E-state index contributed by atoms with van der Waals surface area (Å²) in [4.78, 5) is 53.1. The van der Waals surface area contributed by atoms with Gasteiger partial charge in [-0.05, 0) is 50.8 Å². The highest BCUT2D eigenvalue weighted by Crippen LogP contribution is 2.22. The summed E-state index contributed by atoms with van der Waals surface area (Å²) in [7, 11) is 0. The minimum absolute atomic E-state index is 0.0572. The number of carbonyl (C=O) groups excluding carboxylic acids is 4. The Kier molecular flexibility index (Phi) is 10.5. The molecule has 1 saturated heterocycles. The molecule has 4 amide bonds. The summed E-state index contributed by atoms with van der Waals surface area (Å²) in [6.45, 7) is 3.89. The second kappa shape index (κ2) is 13.8. The first kappa shape index (κ1) is 30.4. The first-order valence-corrected chi connectivity index (χ1v) is 13.0. The topological polar surface area (TPSA) is 108 Å². The lowest BCUT2D eigenvalue weighted by atomic mass is 10.0. The molecule has 40 heavy (non-hydrogen) atoms. The molecule has 3 N–H and O–H groups in total. The maximum absolute atomic E-state index is 13.7. The number of rotatable bonds is 10. The molecular weight excluding hydrogens is 525 g/mol. The zero-order valence-corrected chi connectivity index (χ0v) is 22.3. The number of para-hydroxylation sites is 1. The van der Waals surface area contributed by atoms with Gasteiger partial charge in [0, 0.05) is 18.7 Å². The van der Waals surface area contributed by atoms with Gasteiger partial charge < -0.3 is 20.9 Å². The monoisotopic (exact) mass is 558 g/mol. The summed E-state index contributed by atoms with van der Waals surface area (Å²) in [5, 5.41) is 7.10. The maximum atomic E-state index is 13.7. The predicted octanol–water partition coefficient (Wildman–Crippen LogP) is 3.75. The number of hydrogen-bond acceptors (Lipinski definition) is 4. The van der Waals surface area contributed by atoms with Crippen LogP contribution in [-0.2, 0) is 25.6 Å². The number of alkyl halides is 3. The van der Waals surface area contributed by atoms with Crippen LogP contribution in [-0.4, -0.2) is 59.4 Å². The van der Waals surface area contributed by atoms with Gasteiger partial charge in [0.1, 0.15) is 18.1 Å². The van der Waals surface area contributed by atoms with Crippen molar-refractivity contribution in [2.24, 2.45) is 0 Å². The van der Waals surface area contributed by atoms with Crippen LogP contribution >= 0.6 is 0 Å². The number of allylic oxidation sites excluding steroid dienone is 1. The molecule has 2 aromatic rings. The van der Waals surface area contributed by atoms with Crippen LogP contribution in [0.1, 0.15) is 38.7 Å². The number of halogens is 3. The minimum Gasteiger partial charge on any atom is -0.342 e. The first-order valence-electron chi connectivity index (χ1n) is 13.0. The first-order chi connectivity index (χ1) is 19.0. The van der Waals surface area contributed by atoms with E-state index < -0.39 is 42.0 Å². The summed E-state index contributed by atoms with van der Waals surface area (Å²) >= 11 is 0. The SMILES string of the molecule is CC(C)=CC[C@@H](NC(=O)[C@H](Cc1ccccc1)NC(=O)C(F)(F)F)C(=O)N1CCC[C@H]1C(=O)Nc1ccccc1. The van der Waals surface area contributed by atoms with Crippen molar-refractivity contribution in [1.82, 2.24) is 15.5 Å². The van der Waals surface area contributed by atoms with E-state index >= 15 is 0 Å². The molecule has 1 aliphatic heterocycles. The summed E-state index contributed by atoms with van der Waals surface area (Å²) < 4.78 is 39.1. The molecule has 0 bridgehead atoms. The molecule has 0 unspecified atom stereocenters. The van der Waals surface area contributed by atoms with E-state index in [4.69, 9.17) is 0 Å². The molecule has 8 nitrogen and oxygen atoms in total. The Hall–Kier alpha value is -4.15. The molecule has 1 heterocycles. The molecule has 0 saturated carbocycles. The lowest BCUT2D eigenvalue weighted by Crippen LogP contribution is -2.57. The van der Waals surface area contributed by atoms with E-state index in [9.17, 15) is 32.3 Å². The average molecular weight is 559 g/mol. The largest absolute Gasteiger partial charge is 0.471 e. The third-order valence-electron chi connectivity index (χ3n) is 6.42. The van der Waals surface area contributed by atoms with Crippen LogP contribution in [0, 0.1) is 0 Å². The van der Waals surface area contributed by atoms with Crippen molar-refractivity contribution in [1.29, 1.82) is 0 Å². The fourth-order valence-electron chi connectivity index (χ4n) is 4.40. The lowest BCUT2D eigenvalue weighted by molar-refractivity contribution is -0.174. The highest BCUT2D eigenvalue weighted by Gasteiger charge is 2.42. The standard InChI is InChI=1S/C29H33F3N4O4/c1-19(2)15-16-22(27(39)36-17-9-14-24(36)26(38)33-21-12-7-4-8-13-21)34-25(37)23(35-28(40)29(30,31)32)18-20-10-5-3-6-11-20/h3-8,10-13,15,22-24H,9,14,16-18H2,1-2H3,(H,33,38)(H,34,37)(H,35,40)/t22-,23+,24+/m1/s1. The third-order valence-corrected chi connectivity index (χ3v) is 6.42. The molecule has 0 aliphatic carbocycles. The normalized spacial score (nSPS) is 16.4. The molecule has 214 valence electrons. The number of nitrogens with one attached hydrogen (secondary N) is 3.